The summed E-state index contributed by atoms with van der Waals surface area (Å²) in [6, 6.07) is 11.7. The third-order valence-corrected chi connectivity index (χ3v) is 3.23. The molecule has 0 radical (unpaired) electrons. The van der Waals surface area contributed by atoms with Crippen LogP contribution in [0.2, 0.25) is 15.1 Å². The third-order valence-electron chi connectivity index (χ3n) is 2.43. The van der Waals surface area contributed by atoms with E-state index in [1.54, 1.807) is 30.3 Å². The SMILES string of the molecule is O=C(OCc1ccc(Cl)cc1)c1ccc(Cl)cc1Cl. The van der Waals surface area contributed by atoms with Crippen LogP contribution < -0.4 is 0 Å². The van der Waals surface area contributed by atoms with Gasteiger partial charge < -0.3 is 4.74 Å². The van der Waals surface area contributed by atoms with Gasteiger partial charge in [-0.15, -0.1) is 0 Å². The van der Waals surface area contributed by atoms with Crippen molar-refractivity contribution in [2.24, 2.45) is 0 Å². The predicted molar refractivity (Wildman–Crippen MR) is 77.0 cm³/mol. The fourth-order valence-corrected chi connectivity index (χ4v) is 2.07. The monoisotopic (exact) mass is 314 g/mol. The van der Waals surface area contributed by atoms with E-state index in [-0.39, 0.29) is 11.6 Å². The summed E-state index contributed by atoms with van der Waals surface area (Å²) in [6.07, 6.45) is 0. The van der Waals surface area contributed by atoms with Crippen molar-refractivity contribution in [1.29, 1.82) is 0 Å². The molecule has 0 saturated carbocycles. The molecule has 2 nitrogen and oxygen atoms in total. The van der Waals surface area contributed by atoms with Crippen molar-refractivity contribution in [1.82, 2.24) is 0 Å². The molecule has 0 saturated heterocycles. The first-order valence-electron chi connectivity index (χ1n) is 5.43. The lowest BCUT2D eigenvalue weighted by Crippen LogP contribution is -2.05. The van der Waals surface area contributed by atoms with E-state index >= 15 is 0 Å². The van der Waals surface area contributed by atoms with E-state index in [0.29, 0.717) is 15.6 Å². The van der Waals surface area contributed by atoms with Gasteiger partial charge in [0.25, 0.3) is 0 Å². The van der Waals surface area contributed by atoms with Gasteiger partial charge in [-0.2, -0.15) is 0 Å². The average molecular weight is 316 g/mol. The molecule has 2 aromatic rings. The normalized spacial score (nSPS) is 10.3. The van der Waals surface area contributed by atoms with Gasteiger partial charge in [-0.05, 0) is 35.9 Å². The molecule has 19 heavy (non-hydrogen) atoms. The van der Waals surface area contributed by atoms with Crippen LogP contribution in [0.5, 0.6) is 0 Å². The van der Waals surface area contributed by atoms with Gasteiger partial charge >= 0.3 is 5.97 Å². The summed E-state index contributed by atoms with van der Waals surface area (Å²) in [4.78, 5) is 11.8. The van der Waals surface area contributed by atoms with Crippen molar-refractivity contribution in [3.8, 4) is 0 Å². The van der Waals surface area contributed by atoms with Crippen LogP contribution in [-0.2, 0) is 11.3 Å². The van der Waals surface area contributed by atoms with Crippen LogP contribution in [0, 0.1) is 0 Å². The van der Waals surface area contributed by atoms with Crippen molar-refractivity contribution in [2.45, 2.75) is 6.61 Å². The fourth-order valence-electron chi connectivity index (χ4n) is 1.46. The number of hydrogen-bond acceptors (Lipinski definition) is 2. The summed E-state index contributed by atoms with van der Waals surface area (Å²) in [5, 5.41) is 1.38. The maximum absolute atomic E-state index is 11.8. The highest BCUT2D eigenvalue weighted by Crippen LogP contribution is 2.22. The Bertz CT molecular complexity index is 594. The molecule has 0 bridgehead atoms. The minimum Gasteiger partial charge on any atom is -0.457 e. The smallest absolute Gasteiger partial charge is 0.339 e. The van der Waals surface area contributed by atoms with Gasteiger partial charge in [0.2, 0.25) is 0 Å². The second kappa shape index (κ2) is 6.29. The topological polar surface area (TPSA) is 26.3 Å². The van der Waals surface area contributed by atoms with E-state index in [4.69, 9.17) is 39.5 Å². The Morgan fingerprint density at radius 2 is 1.58 bits per heavy atom. The highest BCUT2D eigenvalue weighted by molar-refractivity contribution is 6.36. The molecule has 0 spiro atoms. The summed E-state index contributed by atoms with van der Waals surface area (Å²) in [6.45, 7) is 0.162. The predicted octanol–water partition coefficient (Wildman–Crippen LogP) is 5.00. The molecule has 0 aliphatic rings. The summed E-state index contributed by atoms with van der Waals surface area (Å²) >= 11 is 17.5. The minimum absolute atomic E-state index is 0.162. The van der Waals surface area contributed by atoms with E-state index in [1.165, 1.54) is 12.1 Å². The van der Waals surface area contributed by atoms with Gasteiger partial charge in [0.15, 0.2) is 0 Å². The molecule has 2 rings (SSSR count). The standard InChI is InChI=1S/C14H9Cl3O2/c15-10-3-1-9(2-4-10)8-19-14(18)12-6-5-11(16)7-13(12)17/h1-7H,8H2. The van der Waals surface area contributed by atoms with E-state index < -0.39 is 5.97 Å². The first kappa shape index (κ1) is 14.2. The number of rotatable bonds is 3. The zero-order valence-corrected chi connectivity index (χ0v) is 12.0. The number of hydrogen-bond donors (Lipinski definition) is 0. The summed E-state index contributed by atoms with van der Waals surface area (Å²) in [7, 11) is 0. The first-order chi connectivity index (χ1) is 9.06. The molecule has 98 valence electrons. The van der Waals surface area contributed by atoms with Crippen molar-refractivity contribution in [2.75, 3.05) is 0 Å². The number of carbonyl (C=O) groups is 1. The van der Waals surface area contributed by atoms with Crippen LogP contribution in [-0.4, -0.2) is 5.97 Å². The molecule has 2 aromatic carbocycles. The second-order valence-corrected chi connectivity index (χ2v) is 5.11. The molecule has 5 heteroatoms. The van der Waals surface area contributed by atoms with Crippen molar-refractivity contribution < 1.29 is 9.53 Å². The molecule has 0 heterocycles. The number of esters is 1. The molecule has 0 fully saturated rings. The Morgan fingerprint density at radius 1 is 0.947 bits per heavy atom. The molecular formula is C14H9Cl3O2. The molecule has 0 aliphatic carbocycles. The van der Waals surface area contributed by atoms with Gasteiger partial charge in [-0.1, -0.05) is 46.9 Å². The lowest BCUT2D eigenvalue weighted by molar-refractivity contribution is 0.0473. The van der Waals surface area contributed by atoms with Crippen molar-refractivity contribution in [3.63, 3.8) is 0 Å². The van der Waals surface area contributed by atoms with Gasteiger partial charge in [-0.3, -0.25) is 0 Å². The van der Waals surface area contributed by atoms with Crippen LogP contribution in [0.4, 0.5) is 0 Å². The molecule has 0 aromatic heterocycles. The number of ether oxygens (including phenoxy) is 1. The number of halogens is 3. The van der Waals surface area contributed by atoms with Gasteiger partial charge in [-0.25, -0.2) is 4.79 Å². The van der Waals surface area contributed by atoms with Gasteiger partial charge in [0.05, 0.1) is 10.6 Å². The molecule has 0 unspecified atom stereocenters. The molecule has 0 N–H and O–H groups in total. The fraction of sp³-hybridized carbons (Fsp3) is 0.0714. The summed E-state index contributed by atoms with van der Waals surface area (Å²) in [5.74, 6) is -0.489. The Labute approximate surface area is 125 Å². The molecule has 0 atom stereocenters. The molecular weight excluding hydrogens is 307 g/mol. The highest BCUT2D eigenvalue weighted by atomic mass is 35.5. The first-order valence-corrected chi connectivity index (χ1v) is 6.56. The Hall–Kier alpha value is -1.22. The maximum atomic E-state index is 11.8. The molecule has 0 amide bonds. The average Bonchev–Trinajstić information content (AvgIpc) is 2.37. The zero-order chi connectivity index (χ0) is 13.8. The molecule has 0 aliphatic heterocycles. The third kappa shape index (κ3) is 3.87. The summed E-state index contributed by atoms with van der Waals surface area (Å²) < 4.78 is 5.17. The number of carbonyl (C=O) groups excluding carboxylic acids is 1. The Balaban J connectivity index is 2.03. The lowest BCUT2D eigenvalue weighted by atomic mass is 10.2. The Morgan fingerprint density at radius 3 is 2.21 bits per heavy atom. The van der Waals surface area contributed by atoms with Crippen LogP contribution in [0.1, 0.15) is 15.9 Å². The van der Waals surface area contributed by atoms with Crippen LogP contribution in [0.3, 0.4) is 0 Å². The lowest BCUT2D eigenvalue weighted by Gasteiger charge is -2.06. The highest BCUT2D eigenvalue weighted by Gasteiger charge is 2.12. The van der Waals surface area contributed by atoms with Crippen LogP contribution in [0.15, 0.2) is 42.5 Å². The van der Waals surface area contributed by atoms with E-state index in [2.05, 4.69) is 0 Å². The summed E-state index contributed by atoms with van der Waals surface area (Å²) in [5.41, 5.74) is 1.14. The van der Waals surface area contributed by atoms with Crippen molar-refractivity contribution >= 4 is 40.8 Å². The van der Waals surface area contributed by atoms with Crippen LogP contribution in [0.25, 0.3) is 0 Å². The zero-order valence-electron chi connectivity index (χ0n) is 9.70. The maximum Gasteiger partial charge on any atom is 0.339 e. The van der Waals surface area contributed by atoms with Gasteiger partial charge in [0, 0.05) is 10.0 Å². The van der Waals surface area contributed by atoms with Crippen molar-refractivity contribution in [3.05, 3.63) is 68.7 Å². The number of benzene rings is 2. The van der Waals surface area contributed by atoms with Gasteiger partial charge in [0.1, 0.15) is 6.61 Å². The minimum atomic E-state index is -0.489. The Kier molecular flexibility index (Phi) is 4.70. The quantitative estimate of drug-likeness (QED) is 0.745. The van der Waals surface area contributed by atoms with E-state index in [1.807, 2.05) is 0 Å². The largest absolute Gasteiger partial charge is 0.457 e. The second-order valence-electron chi connectivity index (χ2n) is 3.83. The van der Waals surface area contributed by atoms with E-state index in [0.717, 1.165) is 5.56 Å². The van der Waals surface area contributed by atoms with E-state index in [9.17, 15) is 4.79 Å². The van der Waals surface area contributed by atoms with Crippen LogP contribution >= 0.6 is 34.8 Å².